The van der Waals surface area contributed by atoms with Crippen molar-refractivity contribution in [2.24, 2.45) is 0 Å². The van der Waals surface area contributed by atoms with E-state index in [9.17, 15) is 0 Å². The molecule has 2 N–H and O–H groups in total. The SMILES string of the molecule is C#CCc1ncc(N)cc1SCC. The molecule has 0 fully saturated rings. The predicted molar refractivity (Wildman–Crippen MR) is 57.6 cm³/mol. The zero-order valence-electron chi connectivity index (χ0n) is 7.58. The fourth-order valence-corrected chi connectivity index (χ4v) is 1.82. The Hall–Kier alpha value is -1.14. The second-order valence-electron chi connectivity index (χ2n) is 2.53. The summed E-state index contributed by atoms with van der Waals surface area (Å²) in [5.74, 6) is 3.59. The second-order valence-corrected chi connectivity index (χ2v) is 3.83. The van der Waals surface area contributed by atoms with Gasteiger partial charge in [0.25, 0.3) is 0 Å². The summed E-state index contributed by atoms with van der Waals surface area (Å²) in [6.07, 6.45) is 7.45. The molecule has 1 aromatic rings. The van der Waals surface area contributed by atoms with Crippen molar-refractivity contribution < 1.29 is 0 Å². The van der Waals surface area contributed by atoms with Crippen LogP contribution in [0.5, 0.6) is 0 Å². The average Bonchev–Trinajstić information content (AvgIpc) is 2.10. The molecule has 0 atom stereocenters. The van der Waals surface area contributed by atoms with Crippen LogP contribution in [0.2, 0.25) is 0 Å². The molecule has 3 heteroatoms. The quantitative estimate of drug-likeness (QED) is 0.587. The number of rotatable bonds is 3. The van der Waals surface area contributed by atoms with E-state index in [1.165, 1.54) is 0 Å². The maximum absolute atomic E-state index is 5.63. The smallest absolute Gasteiger partial charge is 0.0659 e. The molecular formula is C10H12N2S. The largest absolute Gasteiger partial charge is 0.397 e. The van der Waals surface area contributed by atoms with Crippen molar-refractivity contribution in [3.8, 4) is 12.3 Å². The van der Waals surface area contributed by atoms with Crippen LogP contribution in [-0.4, -0.2) is 10.7 Å². The Labute approximate surface area is 82.9 Å². The lowest BCUT2D eigenvalue weighted by Crippen LogP contribution is -1.95. The van der Waals surface area contributed by atoms with Gasteiger partial charge in [0.1, 0.15) is 0 Å². The van der Waals surface area contributed by atoms with Gasteiger partial charge in [-0.15, -0.1) is 24.1 Å². The molecule has 0 unspecified atom stereocenters. The summed E-state index contributed by atoms with van der Waals surface area (Å²) in [7, 11) is 0. The Bertz CT molecular complexity index is 328. The van der Waals surface area contributed by atoms with Crippen LogP contribution in [-0.2, 0) is 6.42 Å². The van der Waals surface area contributed by atoms with Crippen molar-refractivity contribution >= 4 is 17.4 Å². The number of hydrogen-bond donors (Lipinski definition) is 1. The molecule has 68 valence electrons. The van der Waals surface area contributed by atoms with Gasteiger partial charge in [-0.3, -0.25) is 4.98 Å². The van der Waals surface area contributed by atoms with Crippen molar-refractivity contribution in [1.82, 2.24) is 4.98 Å². The molecule has 0 aliphatic carbocycles. The summed E-state index contributed by atoms with van der Waals surface area (Å²) in [6.45, 7) is 2.09. The van der Waals surface area contributed by atoms with Gasteiger partial charge in [-0.1, -0.05) is 6.92 Å². The first kappa shape index (κ1) is 9.94. The number of nitrogen functional groups attached to an aromatic ring is 1. The van der Waals surface area contributed by atoms with Crippen LogP contribution in [0, 0.1) is 12.3 Å². The van der Waals surface area contributed by atoms with Crippen molar-refractivity contribution in [3.05, 3.63) is 18.0 Å². The molecule has 0 bridgehead atoms. The highest BCUT2D eigenvalue weighted by atomic mass is 32.2. The number of anilines is 1. The van der Waals surface area contributed by atoms with Gasteiger partial charge in [0.15, 0.2) is 0 Å². The first-order valence-corrected chi connectivity index (χ1v) is 5.07. The van der Waals surface area contributed by atoms with Crippen molar-refractivity contribution in [1.29, 1.82) is 0 Å². The molecule has 13 heavy (non-hydrogen) atoms. The molecule has 1 aromatic heterocycles. The summed E-state index contributed by atoms with van der Waals surface area (Å²) in [5, 5.41) is 0. The first-order chi connectivity index (χ1) is 6.27. The molecule has 0 aliphatic rings. The highest BCUT2D eigenvalue weighted by molar-refractivity contribution is 7.99. The number of hydrogen-bond acceptors (Lipinski definition) is 3. The van der Waals surface area contributed by atoms with Gasteiger partial charge in [-0.05, 0) is 11.8 Å². The van der Waals surface area contributed by atoms with Gasteiger partial charge in [-0.2, -0.15) is 0 Å². The van der Waals surface area contributed by atoms with Gasteiger partial charge in [0.05, 0.1) is 24.0 Å². The fraction of sp³-hybridized carbons (Fsp3) is 0.300. The number of nitrogens with zero attached hydrogens (tertiary/aromatic N) is 1. The summed E-state index contributed by atoms with van der Waals surface area (Å²) in [4.78, 5) is 5.30. The number of thioether (sulfide) groups is 1. The van der Waals surface area contributed by atoms with E-state index in [0.29, 0.717) is 12.1 Å². The lowest BCUT2D eigenvalue weighted by atomic mass is 10.3. The fourth-order valence-electron chi connectivity index (χ4n) is 0.998. The van der Waals surface area contributed by atoms with E-state index < -0.39 is 0 Å². The summed E-state index contributed by atoms with van der Waals surface area (Å²) in [6, 6.07) is 1.92. The Kier molecular flexibility index (Phi) is 3.66. The number of nitrogens with two attached hydrogens (primary N) is 1. The van der Waals surface area contributed by atoms with Crippen molar-refractivity contribution in [3.63, 3.8) is 0 Å². The van der Waals surface area contributed by atoms with E-state index >= 15 is 0 Å². The van der Waals surface area contributed by atoms with Crippen molar-refractivity contribution in [2.75, 3.05) is 11.5 Å². The minimum atomic E-state index is 0.572. The van der Waals surface area contributed by atoms with Crippen molar-refractivity contribution in [2.45, 2.75) is 18.2 Å². The molecule has 0 saturated carbocycles. The first-order valence-electron chi connectivity index (χ1n) is 4.08. The Balaban J connectivity index is 2.97. The zero-order chi connectivity index (χ0) is 9.68. The topological polar surface area (TPSA) is 38.9 Å². The van der Waals surface area contributed by atoms with E-state index in [1.54, 1.807) is 18.0 Å². The zero-order valence-corrected chi connectivity index (χ0v) is 8.40. The third-order valence-electron chi connectivity index (χ3n) is 1.52. The molecule has 1 heterocycles. The molecule has 0 radical (unpaired) electrons. The lowest BCUT2D eigenvalue weighted by molar-refractivity contribution is 1.06. The van der Waals surface area contributed by atoms with Crippen LogP contribution >= 0.6 is 11.8 Å². The lowest BCUT2D eigenvalue weighted by Gasteiger charge is -2.04. The van der Waals surface area contributed by atoms with Crippen LogP contribution in [0.1, 0.15) is 12.6 Å². The second kappa shape index (κ2) is 4.78. The molecule has 0 amide bonds. The van der Waals surface area contributed by atoms with E-state index in [-0.39, 0.29) is 0 Å². The molecule has 0 spiro atoms. The number of terminal acetylenes is 1. The number of aromatic nitrogens is 1. The van der Waals surface area contributed by atoms with Crippen LogP contribution in [0.4, 0.5) is 5.69 Å². The molecule has 0 saturated heterocycles. The van der Waals surface area contributed by atoms with E-state index in [0.717, 1.165) is 16.3 Å². The van der Waals surface area contributed by atoms with Crippen LogP contribution < -0.4 is 5.73 Å². The highest BCUT2D eigenvalue weighted by Gasteiger charge is 2.02. The van der Waals surface area contributed by atoms with E-state index in [2.05, 4.69) is 17.8 Å². The van der Waals surface area contributed by atoms with Gasteiger partial charge in [-0.25, -0.2) is 0 Å². The Morgan fingerprint density at radius 1 is 1.69 bits per heavy atom. The molecule has 0 aromatic carbocycles. The maximum atomic E-state index is 5.63. The van der Waals surface area contributed by atoms with Gasteiger partial charge < -0.3 is 5.73 Å². The van der Waals surface area contributed by atoms with Gasteiger partial charge in [0.2, 0.25) is 0 Å². The van der Waals surface area contributed by atoms with E-state index in [4.69, 9.17) is 12.2 Å². The normalized spacial score (nSPS) is 9.54. The highest BCUT2D eigenvalue weighted by Crippen LogP contribution is 2.23. The minimum Gasteiger partial charge on any atom is -0.397 e. The molecule has 0 aliphatic heterocycles. The Morgan fingerprint density at radius 3 is 3.08 bits per heavy atom. The maximum Gasteiger partial charge on any atom is 0.0659 e. The third kappa shape index (κ3) is 2.67. The summed E-state index contributed by atoms with van der Waals surface area (Å²) >= 11 is 1.72. The minimum absolute atomic E-state index is 0.572. The van der Waals surface area contributed by atoms with Gasteiger partial charge in [0, 0.05) is 4.90 Å². The molecule has 2 nitrogen and oxygen atoms in total. The standard InChI is InChI=1S/C10H12N2S/c1-3-5-9-10(13-4-2)6-8(11)7-12-9/h1,6-7H,4-5,11H2,2H3. The van der Waals surface area contributed by atoms with Crippen LogP contribution in [0.3, 0.4) is 0 Å². The average molecular weight is 192 g/mol. The number of pyridine rings is 1. The third-order valence-corrected chi connectivity index (χ3v) is 2.47. The van der Waals surface area contributed by atoms with Crippen LogP contribution in [0.15, 0.2) is 17.2 Å². The summed E-state index contributed by atoms with van der Waals surface area (Å²) in [5.41, 5.74) is 7.27. The monoisotopic (exact) mass is 192 g/mol. The molecule has 1 rings (SSSR count). The Morgan fingerprint density at radius 2 is 2.46 bits per heavy atom. The predicted octanol–water partition coefficient (Wildman–Crippen LogP) is 1.95. The summed E-state index contributed by atoms with van der Waals surface area (Å²) < 4.78 is 0. The van der Waals surface area contributed by atoms with Crippen LogP contribution in [0.25, 0.3) is 0 Å². The van der Waals surface area contributed by atoms with Gasteiger partial charge >= 0.3 is 0 Å². The molecular weight excluding hydrogens is 180 g/mol. The van der Waals surface area contributed by atoms with E-state index in [1.807, 2.05) is 6.07 Å².